The minimum atomic E-state index is -3.12. The summed E-state index contributed by atoms with van der Waals surface area (Å²) in [5.41, 5.74) is 3.54. The Morgan fingerprint density at radius 2 is 1.89 bits per heavy atom. The van der Waals surface area contributed by atoms with E-state index < -0.39 is 16.1 Å². The number of carbonyl (C=O) groups is 2. The van der Waals surface area contributed by atoms with Crippen LogP contribution in [0.15, 0.2) is 30.5 Å². The number of anilines is 2. The Morgan fingerprint density at radius 1 is 1.14 bits per heavy atom. The van der Waals surface area contributed by atoms with Crippen molar-refractivity contribution in [3.05, 3.63) is 36.0 Å². The van der Waals surface area contributed by atoms with Crippen LogP contribution in [0, 0.1) is 5.92 Å². The lowest BCUT2D eigenvalue weighted by atomic mass is 9.95. The molecule has 5 rings (SSSR count). The smallest absolute Gasteiger partial charge is 0.414 e. The maximum absolute atomic E-state index is 13.2. The molecule has 3 fully saturated rings. The van der Waals surface area contributed by atoms with Crippen molar-refractivity contribution in [3.63, 3.8) is 0 Å². The standard InChI is InChI=1S/C27H38N4O5S/c1-18(2)36-27(33)30-16-20(4)31(26(32)21-6-7-21)24-9-8-22(15-25(24)30)23-14-19(3)28(17-23)11-12-29-10-5-13-37(29,34)35/h8-9,15,18,20-21,23H,3,5-7,10-14,16-17H2,1-2,4H3/t20-,23?/m0/s1. The number of hydrogen-bond acceptors (Lipinski definition) is 6. The maximum atomic E-state index is 13.2. The highest BCUT2D eigenvalue weighted by Crippen LogP contribution is 2.43. The van der Waals surface area contributed by atoms with Gasteiger partial charge in [0.25, 0.3) is 0 Å². The first-order chi connectivity index (χ1) is 17.5. The molecule has 9 nitrogen and oxygen atoms in total. The Bertz CT molecular complexity index is 1200. The van der Waals surface area contributed by atoms with E-state index in [1.807, 2.05) is 37.8 Å². The average Bonchev–Trinajstić information content (AvgIpc) is 3.54. The molecule has 2 atom stereocenters. The van der Waals surface area contributed by atoms with Gasteiger partial charge < -0.3 is 14.5 Å². The zero-order valence-electron chi connectivity index (χ0n) is 22.1. The van der Waals surface area contributed by atoms with Crippen molar-refractivity contribution in [2.24, 2.45) is 5.92 Å². The predicted octanol–water partition coefficient (Wildman–Crippen LogP) is 3.52. The van der Waals surface area contributed by atoms with Gasteiger partial charge in [-0.2, -0.15) is 0 Å². The predicted molar refractivity (Wildman–Crippen MR) is 143 cm³/mol. The van der Waals surface area contributed by atoms with Gasteiger partial charge in [0.2, 0.25) is 15.9 Å². The number of benzene rings is 1. The fourth-order valence-electron chi connectivity index (χ4n) is 5.72. The third-order valence-corrected chi connectivity index (χ3v) is 9.78. The molecule has 3 aliphatic heterocycles. The van der Waals surface area contributed by atoms with E-state index in [1.54, 1.807) is 9.21 Å². The van der Waals surface area contributed by atoms with Gasteiger partial charge in [0.15, 0.2) is 0 Å². The minimum Gasteiger partial charge on any atom is -0.446 e. The molecular weight excluding hydrogens is 492 g/mol. The van der Waals surface area contributed by atoms with Crippen LogP contribution in [0.25, 0.3) is 0 Å². The van der Waals surface area contributed by atoms with Crippen molar-refractivity contribution in [2.45, 2.75) is 64.5 Å². The molecule has 2 amide bonds. The van der Waals surface area contributed by atoms with Gasteiger partial charge in [-0.3, -0.25) is 9.69 Å². The van der Waals surface area contributed by atoms with Crippen LogP contribution in [0.1, 0.15) is 57.9 Å². The van der Waals surface area contributed by atoms with Crippen LogP contribution in [-0.4, -0.2) is 80.2 Å². The summed E-state index contributed by atoms with van der Waals surface area (Å²) in [6.07, 6.45) is 2.66. The van der Waals surface area contributed by atoms with E-state index in [1.165, 1.54) is 0 Å². The maximum Gasteiger partial charge on any atom is 0.414 e. The molecule has 3 heterocycles. The number of fused-ring (bicyclic) bond motifs is 1. The van der Waals surface area contributed by atoms with E-state index in [0.717, 1.165) is 42.8 Å². The number of sulfonamides is 1. The second-order valence-electron chi connectivity index (χ2n) is 11.1. The minimum absolute atomic E-state index is 0.0790. The van der Waals surface area contributed by atoms with Crippen LogP contribution in [0.5, 0.6) is 0 Å². The monoisotopic (exact) mass is 530 g/mol. The molecule has 1 aliphatic carbocycles. The van der Waals surface area contributed by atoms with Crippen molar-refractivity contribution in [2.75, 3.05) is 48.3 Å². The van der Waals surface area contributed by atoms with E-state index in [-0.39, 0.29) is 35.6 Å². The van der Waals surface area contributed by atoms with E-state index in [0.29, 0.717) is 38.3 Å². The molecule has 1 aromatic rings. The van der Waals surface area contributed by atoms with Gasteiger partial charge in [0.1, 0.15) is 0 Å². The highest BCUT2D eigenvalue weighted by molar-refractivity contribution is 7.89. The molecule has 37 heavy (non-hydrogen) atoms. The van der Waals surface area contributed by atoms with Crippen LogP contribution < -0.4 is 9.80 Å². The first kappa shape index (κ1) is 26.0. The molecule has 2 saturated heterocycles. The summed E-state index contributed by atoms with van der Waals surface area (Å²) in [5.74, 6) is 0.620. The van der Waals surface area contributed by atoms with E-state index in [2.05, 4.69) is 17.5 Å². The lowest BCUT2D eigenvalue weighted by molar-refractivity contribution is -0.120. The fraction of sp³-hybridized carbons (Fsp3) is 0.630. The number of hydrogen-bond donors (Lipinski definition) is 0. The van der Waals surface area contributed by atoms with E-state index >= 15 is 0 Å². The lowest BCUT2D eigenvalue weighted by Crippen LogP contribution is -2.52. The Labute approximate surface area is 220 Å². The Kier molecular flexibility index (Phi) is 7.00. The molecule has 0 radical (unpaired) electrons. The summed E-state index contributed by atoms with van der Waals surface area (Å²) in [6, 6.07) is 5.92. The topological polar surface area (TPSA) is 90.5 Å². The van der Waals surface area contributed by atoms with Crippen molar-refractivity contribution >= 4 is 33.4 Å². The Hall–Kier alpha value is -2.59. The van der Waals surface area contributed by atoms with Gasteiger partial charge in [0, 0.05) is 50.3 Å². The molecule has 0 N–H and O–H groups in total. The Balaban J connectivity index is 1.38. The second kappa shape index (κ2) is 9.94. The summed E-state index contributed by atoms with van der Waals surface area (Å²) in [4.78, 5) is 31.9. The number of ether oxygens (including phenoxy) is 1. The largest absolute Gasteiger partial charge is 0.446 e. The van der Waals surface area contributed by atoms with Crippen LogP contribution in [0.4, 0.5) is 16.2 Å². The molecule has 202 valence electrons. The van der Waals surface area contributed by atoms with E-state index in [4.69, 9.17) is 4.74 Å². The number of carbonyl (C=O) groups excluding carboxylic acids is 2. The molecule has 0 bridgehead atoms. The molecule has 0 aromatic heterocycles. The highest BCUT2D eigenvalue weighted by Gasteiger charge is 2.42. The molecule has 4 aliphatic rings. The van der Waals surface area contributed by atoms with Crippen LogP contribution >= 0.6 is 0 Å². The molecule has 1 saturated carbocycles. The Morgan fingerprint density at radius 3 is 2.54 bits per heavy atom. The summed E-state index contributed by atoms with van der Waals surface area (Å²) < 4.78 is 31.5. The number of likely N-dealkylation sites (tertiary alicyclic amines) is 1. The number of nitrogens with zero attached hydrogens (tertiary/aromatic N) is 4. The summed E-state index contributed by atoms with van der Waals surface area (Å²) in [7, 11) is -3.12. The second-order valence-corrected chi connectivity index (χ2v) is 13.2. The van der Waals surface area contributed by atoms with Gasteiger partial charge in [0.05, 0.1) is 29.3 Å². The highest BCUT2D eigenvalue weighted by atomic mass is 32.2. The summed E-state index contributed by atoms with van der Waals surface area (Å²) >= 11 is 0. The third-order valence-electron chi connectivity index (χ3n) is 7.82. The normalized spacial score (nSPS) is 25.6. The average molecular weight is 531 g/mol. The quantitative estimate of drug-likeness (QED) is 0.559. The van der Waals surface area contributed by atoms with Crippen molar-refractivity contribution in [3.8, 4) is 0 Å². The number of rotatable bonds is 6. The van der Waals surface area contributed by atoms with Crippen molar-refractivity contribution < 1.29 is 22.7 Å². The summed E-state index contributed by atoms with van der Waals surface area (Å²) in [6.45, 7) is 12.7. The van der Waals surface area contributed by atoms with Gasteiger partial charge in [-0.15, -0.1) is 0 Å². The molecule has 10 heteroatoms. The van der Waals surface area contributed by atoms with E-state index in [9.17, 15) is 18.0 Å². The number of allylic oxidation sites excluding steroid dienone is 1. The first-order valence-corrected chi connectivity index (χ1v) is 15.0. The van der Waals surface area contributed by atoms with Crippen molar-refractivity contribution in [1.82, 2.24) is 9.21 Å². The first-order valence-electron chi connectivity index (χ1n) is 13.4. The lowest BCUT2D eigenvalue weighted by Gasteiger charge is -2.41. The molecule has 1 aromatic carbocycles. The number of amides is 2. The van der Waals surface area contributed by atoms with Gasteiger partial charge in [-0.1, -0.05) is 12.6 Å². The van der Waals surface area contributed by atoms with Crippen LogP contribution in [-0.2, 0) is 19.6 Å². The fourth-order valence-corrected chi connectivity index (χ4v) is 7.24. The zero-order valence-corrected chi connectivity index (χ0v) is 22.9. The zero-order chi connectivity index (χ0) is 26.5. The van der Waals surface area contributed by atoms with Gasteiger partial charge in [-0.25, -0.2) is 17.5 Å². The van der Waals surface area contributed by atoms with Crippen LogP contribution in [0.2, 0.25) is 0 Å². The van der Waals surface area contributed by atoms with Gasteiger partial charge >= 0.3 is 6.09 Å². The molecule has 0 spiro atoms. The third kappa shape index (κ3) is 5.23. The van der Waals surface area contributed by atoms with Crippen LogP contribution in [0.3, 0.4) is 0 Å². The van der Waals surface area contributed by atoms with Crippen molar-refractivity contribution in [1.29, 1.82) is 0 Å². The van der Waals surface area contributed by atoms with Gasteiger partial charge in [-0.05, 0) is 64.2 Å². The summed E-state index contributed by atoms with van der Waals surface area (Å²) in [5, 5.41) is 0. The molecule has 1 unspecified atom stereocenters. The molecular formula is C27H38N4O5S. The SMILES string of the molecule is C=C1CC(c2ccc3c(c2)N(C(=O)OC(C)C)C[C@H](C)N3C(=O)C2CC2)CN1CCN1CCCS1(=O)=O.